The van der Waals surface area contributed by atoms with Crippen molar-refractivity contribution in [3.63, 3.8) is 0 Å². The van der Waals surface area contributed by atoms with Crippen LogP contribution in [0.4, 0.5) is 0 Å². The van der Waals surface area contributed by atoms with Gasteiger partial charge in [0.05, 0.1) is 11.4 Å². The lowest BCUT2D eigenvalue weighted by atomic mass is 9.85. The Hall–Kier alpha value is -3.08. The highest BCUT2D eigenvalue weighted by molar-refractivity contribution is 6.51. The van der Waals surface area contributed by atoms with Crippen molar-refractivity contribution in [2.45, 2.75) is 46.5 Å². The number of hydrogen-bond donors (Lipinski definition) is 4. The van der Waals surface area contributed by atoms with Crippen molar-refractivity contribution in [1.82, 2.24) is 0 Å². The number of benzene rings is 1. The lowest BCUT2D eigenvalue weighted by Crippen LogP contribution is -2.19. The van der Waals surface area contributed by atoms with E-state index in [9.17, 15) is 0 Å². The molecule has 0 radical (unpaired) electrons. The smallest absolute Gasteiger partial charge is 0.189 e. The Morgan fingerprint density at radius 2 is 1.90 bits per heavy atom. The maximum Gasteiger partial charge on any atom is 0.189 e. The van der Waals surface area contributed by atoms with Gasteiger partial charge in [0.15, 0.2) is 11.8 Å². The molecule has 0 amide bonds. The third-order valence-corrected chi connectivity index (χ3v) is 4.66. The van der Waals surface area contributed by atoms with E-state index in [1.165, 1.54) is 6.92 Å². The summed E-state index contributed by atoms with van der Waals surface area (Å²) in [5.41, 5.74) is 3.01. The molecule has 1 aromatic carbocycles. The summed E-state index contributed by atoms with van der Waals surface area (Å²) >= 11 is 0. The molecule has 0 fully saturated rings. The van der Waals surface area contributed by atoms with Crippen LogP contribution in [0.2, 0.25) is 0 Å². The van der Waals surface area contributed by atoms with Gasteiger partial charge in [0, 0.05) is 18.9 Å². The Morgan fingerprint density at radius 1 is 1.14 bits per heavy atom. The first kappa shape index (κ1) is 22.2. The Labute approximate surface area is 173 Å². The second-order valence-electron chi connectivity index (χ2n) is 8.06. The van der Waals surface area contributed by atoms with E-state index in [0.717, 1.165) is 36.0 Å². The van der Waals surface area contributed by atoms with Crippen LogP contribution in [0.5, 0.6) is 0 Å². The molecule has 0 heterocycles. The lowest BCUT2D eigenvalue weighted by molar-refractivity contribution is 0.358. The third kappa shape index (κ3) is 7.11. The molecule has 0 aromatic heterocycles. The van der Waals surface area contributed by atoms with Crippen molar-refractivity contribution in [1.29, 1.82) is 21.6 Å². The van der Waals surface area contributed by atoms with Gasteiger partial charge in [-0.1, -0.05) is 62.4 Å². The van der Waals surface area contributed by atoms with Crippen LogP contribution in [0.3, 0.4) is 0 Å². The molecule has 0 saturated carbocycles. The Bertz CT molecular complexity index is 903. The number of nitrogens with one attached hydrogen (secondary N) is 4. The van der Waals surface area contributed by atoms with Gasteiger partial charge < -0.3 is 4.74 Å². The van der Waals surface area contributed by atoms with Crippen molar-refractivity contribution < 1.29 is 4.74 Å². The molecule has 0 saturated heterocycles. The van der Waals surface area contributed by atoms with Gasteiger partial charge in [-0.3, -0.25) is 21.6 Å². The molecule has 152 valence electrons. The summed E-state index contributed by atoms with van der Waals surface area (Å²) in [6.07, 6.45) is 13.0. The van der Waals surface area contributed by atoms with E-state index in [1.807, 2.05) is 42.5 Å². The normalized spacial score (nSPS) is 13.8. The van der Waals surface area contributed by atoms with Crippen molar-refractivity contribution in [2.75, 3.05) is 0 Å². The third-order valence-electron chi connectivity index (χ3n) is 4.66. The quantitative estimate of drug-likeness (QED) is 0.310. The van der Waals surface area contributed by atoms with Crippen LogP contribution < -0.4 is 0 Å². The summed E-state index contributed by atoms with van der Waals surface area (Å²) in [4.78, 5) is 0. The highest BCUT2D eigenvalue weighted by atomic mass is 16.5. The van der Waals surface area contributed by atoms with E-state index >= 15 is 0 Å². The Morgan fingerprint density at radius 3 is 2.55 bits per heavy atom. The molecule has 1 aromatic rings. The minimum Gasteiger partial charge on any atom is -0.430 e. The molecular formula is C24H30N4O. The van der Waals surface area contributed by atoms with Gasteiger partial charge in [0.2, 0.25) is 0 Å². The van der Waals surface area contributed by atoms with Gasteiger partial charge in [0.25, 0.3) is 0 Å². The average Bonchev–Trinajstić information content (AvgIpc) is 2.66. The summed E-state index contributed by atoms with van der Waals surface area (Å²) in [7, 11) is 0. The zero-order valence-electron chi connectivity index (χ0n) is 17.4. The first-order valence-corrected chi connectivity index (χ1v) is 9.79. The van der Waals surface area contributed by atoms with Crippen LogP contribution in [0.1, 0.15) is 57.6 Å². The SMILES string of the molecule is CC(=N)OC(=N)CC(C)(C)C/C=C/c1cccc(C(=N)C(=N)C2=CC=CCC2)c1. The molecule has 0 atom stereocenters. The molecule has 5 nitrogen and oxygen atoms in total. The van der Waals surface area contributed by atoms with Crippen molar-refractivity contribution in [3.8, 4) is 0 Å². The van der Waals surface area contributed by atoms with E-state index in [4.69, 9.17) is 26.4 Å². The number of ether oxygens (including phenoxy) is 1. The number of allylic oxidation sites excluding steroid dienone is 5. The van der Waals surface area contributed by atoms with Gasteiger partial charge in [-0.05, 0) is 41.9 Å². The zero-order valence-corrected chi connectivity index (χ0v) is 17.4. The van der Waals surface area contributed by atoms with Crippen molar-refractivity contribution in [2.24, 2.45) is 5.41 Å². The highest BCUT2D eigenvalue weighted by Gasteiger charge is 2.20. The fourth-order valence-corrected chi connectivity index (χ4v) is 3.16. The molecule has 0 bridgehead atoms. The molecule has 0 unspecified atom stereocenters. The lowest BCUT2D eigenvalue weighted by Gasteiger charge is -2.22. The predicted molar refractivity (Wildman–Crippen MR) is 122 cm³/mol. The van der Waals surface area contributed by atoms with Crippen LogP contribution >= 0.6 is 0 Å². The molecule has 2 rings (SSSR count). The summed E-state index contributed by atoms with van der Waals surface area (Å²) in [6.45, 7) is 5.65. The van der Waals surface area contributed by atoms with Gasteiger partial charge in [0.1, 0.15) is 0 Å². The van der Waals surface area contributed by atoms with E-state index in [0.29, 0.717) is 6.42 Å². The van der Waals surface area contributed by atoms with E-state index in [2.05, 4.69) is 26.0 Å². The molecular weight excluding hydrogens is 360 g/mol. The minimum atomic E-state index is -0.156. The summed E-state index contributed by atoms with van der Waals surface area (Å²) < 4.78 is 5.06. The summed E-state index contributed by atoms with van der Waals surface area (Å²) in [5, 5.41) is 31.9. The van der Waals surface area contributed by atoms with Crippen LogP contribution in [0.25, 0.3) is 6.08 Å². The van der Waals surface area contributed by atoms with Gasteiger partial charge >= 0.3 is 0 Å². The van der Waals surface area contributed by atoms with Crippen LogP contribution in [0, 0.1) is 27.1 Å². The van der Waals surface area contributed by atoms with E-state index in [-0.39, 0.29) is 28.6 Å². The van der Waals surface area contributed by atoms with Crippen LogP contribution in [-0.4, -0.2) is 23.2 Å². The zero-order chi connectivity index (χ0) is 21.4. The second-order valence-corrected chi connectivity index (χ2v) is 8.06. The number of hydrogen-bond acceptors (Lipinski definition) is 5. The first-order chi connectivity index (χ1) is 13.7. The molecule has 0 aliphatic heterocycles. The van der Waals surface area contributed by atoms with Crippen molar-refractivity contribution >= 4 is 29.3 Å². The minimum absolute atomic E-state index is 0.0335. The van der Waals surface area contributed by atoms with Crippen molar-refractivity contribution in [3.05, 3.63) is 65.3 Å². The molecule has 0 spiro atoms. The fourth-order valence-electron chi connectivity index (χ4n) is 3.16. The molecule has 4 N–H and O–H groups in total. The number of rotatable bonds is 8. The molecule has 29 heavy (non-hydrogen) atoms. The maximum absolute atomic E-state index is 8.41. The monoisotopic (exact) mass is 390 g/mol. The topological polar surface area (TPSA) is 105 Å². The predicted octanol–water partition coefficient (Wildman–Crippen LogP) is 6.16. The van der Waals surface area contributed by atoms with Gasteiger partial charge in [-0.2, -0.15) is 0 Å². The summed E-state index contributed by atoms with van der Waals surface area (Å²) in [6, 6.07) is 7.70. The average molecular weight is 391 g/mol. The van der Waals surface area contributed by atoms with Gasteiger partial charge in [-0.25, -0.2) is 0 Å². The first-order valence-electron chi connectivity index (χ1n) is 9.79. The van der Waals surface area contributed by atoms with Crippen LogP contribution in [0.15, 0.2) is 54.1 Å². The second kappa shape index (κ2) is 9.92. The molecule has 1 aliphatic carbocycles. The highest BCUT2D eigenvalue weighted by Crippen LogP contribution is 2.27. The Balaban J connectivity index is 2.01. The van der Waals surface area contributed by atoms with Crippen LogP contribution in [-0.2, 0) is 4.74 Å². The van der Waals surface area contributed by atoms with E-state index < -0.39 is 0 Å². The molecule has 1 aliphatic rings. The van der Waals surface area contributed by atoms with Gasteiger partial charge in [-0.15, -0.1) is 0 Å². The fraction of sp³-hybridized carbons (Fsp3) is 0.333. The molecule has 5 heteroatoms. The largest absolute Gasteiger partial charge is 0.430 e. The standard InChI is InChI=1S/C24H30N4O/c1-17(25)29-21(26)16-24(2,3)14-8-10-18-9-7-13-20(15-18)23(28)22(27)19-11-5-4-6-12-19/h4-5,7-11,13,15,25-28H,6,12,14,16H2,1-3H3/b10-8+,25-17?,26-21?,27-22?,28-23?. The van der Waals surface area contributed by atoms with E-state index in [1.54, 1.807) is 0 Å². The maximum atomic E-state index is 8.41. The Kier molecular flexibility index (Phi) is 7.59. The summed E-state index contributed by atoms with van der Waals surface area (Å²) in [5.74, 6) is 0.142.